The molecule has 0 radical (unpaired) electrons. The topological polar surface area (TPSA) is 60.2 Å². The van der Waals surface area contributed by atoms with Crippen molar-refractivity contribution in [2.75, 3.05) is 5.33 Å². The van der Waals surface area contributed by atoms with Crippen LogP contribution in [0.5, 0.6) is 0 Å². The van der Waals surface area contributed by atoms with Crippen LogP contribution in [-0.2, 0) is 5.88 Å². The Bertz CT molecular complexity index is 423. The normalized spacial score (nSPS) is 10.1. The first kappa shape index (κ1) is 13.1. The van der Waals surface area contributed by atoms with Gasteiger partial charge in [0, 0.05) is 35.3 Å². The van der Waals surface area contributed by atoms with Gasteiger partial charge in [0.1, 0.15) is 0 Å². The predicted molar refractivity (Wildman–Crippen MR) is 65.4 cm³/mol. The van der Waals surface area contributed by atoms with Crippen LogP contribution in [0.3, 0.4) is 0 Å². The third kappa shape index (κ3) is 3.02. The fraction of sp³-hybridized carbons (Fsp3) is 0.300. The molecule has 0 saturated carbocycles. The van der Waals surface area contributed by atoms with Gasteiger partial charge in [0.25, 0.3) is 5.69 Å². The van der Waals surface area contributed by atoms with Crippen LogP contribution in [0.25, 0.3) is 0 Å². The van der Waals surface area contributed by atoms with Gasteiger partial charge in [-0.3, -0.25) is 14.9 Å². The third-order valence-electron chi connectivity index (χ3n) is 2.07. The van der Waals surface area contributed by atoms with Crippen LogP contribution in [0.1, 0.15) is 22.3 Å². The summed E-state index contributed by atoms with van der Waals surface area (Å²) in [6.45, 7) is 0. The highest BCUT2D eigenvalue weighted by atomic mass is 79.9. The molecule has 1 aromatic rings. The number of carbonyl (C=O) groups excluding carboxylic acids is 1. The first-order chi connectivity index (χ1) is 7.60. The van der Waals surface area contributed by atoms with Crippen molar-refractivity contribution in [3.63, 3.8) is 0 Å². The highest BCUT2D eigenvalue weighted by Crippen LogP contribution is 2.21. The number of halogens is 2. The van der Waals surface area contributed by atoms with Gasteiger partial charge in [0.05, 0.1) is 4.92 Å². The lowest BCUT2D eigenvalue weighted by Gasteiger charge is -2.04. The van der Waals surface area contributed by atoms with Crippen LogP contribution in [-0.4, -0.2) is 16.0 Å². The number of hydrogen-bond acceptors (Lipinski definition) is 3. The van der Waals surface area contributed by atoms with Gasteiger partial charge in [0.2, 0.25) is 0 Å². The van der Waals surface area contributed by atoms with E-state index in [0.29, 0.717) is 22.9 Å². The SMILES string of the molecule is O=C(CCBr)c1cc([N+](=O)[O-])ccc1CCl. The number of non-ortho nitro benzene ring substituents is 1. The van der Waals surface area contributed by atoms with Gasteiger partial charge in [-0.05, 0) is 5.56 Å². The van der Waals surface area contributed by atoms with E-state index in [1.807, 2.05) is 0 Å². The van der Waals surface area contributed by atoms with E-state index >= 15 is 0 Å². The van der Waals surface area contributed by atoms with Crippen molar-refractivity contribution in [2.45, 2.75) is 12.3 Å². The highest BCUT2D eigenvalue weighted by molar-refractivity contribution is 9.09. The van der Waals surface area contributed by atoms with Crippen LogP contribution < -0.4 is 0 Å². The van der Waals surface area contributed by atoms with Crippen molar-refractivity contribution in [2.24, 2.45) is 0 Å². The summed E-state index contributed by atoms with van der Waals surface area (Å²) in [6.07, 6.45) is 0.297. The van der Waals surface area contributed by atoms with E-state index in [1.165, 1.54) is 18.2 Å². The molecule has 0 fully saturated rings. The van der Waals surface area contributed by atoms with Gasteiger partial charge in [-0.15, -0.1) is 11.6 Å². The molecule has 86 valence electrons. The molecule has 0 N–H and O–H groups in total. The minimum atomic E-state index is -0.525. The van der Waals surface area contributed by atoms with Crippen molar-refractivity contribution in [3.05, 3.63) is 39.4 Å². The van der Waals surface area contributed by atoms with Crippen molar-refractivity contribution in [1.29, 1.82) is 0 Å². The van der Waals surface area contributed by atoms with E-state index in [-0.39, 0.29) is 17.4 Å². The number of benzene rings is 1. The Morgan fingerprint density at radius 2 is 2.19 bits per heavy atom. The minimum Gasteiger partial charge on any atom is -0.294 e. The average Bonchev–Trinajstić information content (AvgIpc) is 2.28. The molecule has 0 unspecified atom stereocenters. The lowest BCUT2D eigenvalue weighted by Crippen LogP contribution is -2.04. The van der Waals surface area contributed by atoms with Gasteiger partial charge in [-0.2, -0.15) is 0 Å². The number of alkyl halides is 2. The fourth-order valence-corrected chi connectivity index (χ4v) is 1.87. The van der Waals surface area contributed by atoms with Crippen LogP contribution in [0.15, 0.2) is 18.2 Å². The van der Waals surface area contributed by atoms with E-state index in [2.05, 4.69) is 15.9 Å². The number of Topliss-reactive ketones (excluding diaryl/α,β-unsaturated/α-hetero) is 1. The number of rotatable bonds is 5. The smallest absolute Gasteiger partial charge is 0.270 e. The summed E-state index contributed by atoms with van der Waals surface area (Å²) >= 11 is 8.83. The maximum atomic E-state index is 11.7. The maximum Gasteiger partial charge on any atom is 0.270 e. The second kappa shape index (κ2) is 5.96. The summed E-state index contributed by atoms with van der Waals surface area (Å²) in [7, 11) is 0. The number of hydrogen-bond donors (Lipinski definition) is 0. The minimum absolute atomic E-state index is 0.0909. The predicted octanol–water partition coefficient (Wildman–Crippen LogP) is 3.30. The zero-order chi connectivity index (χ0) is 12.1. The Balaban J connectivity index is 3.16. The highest BCUT2D eigenvalue weighted by Gasteiger charge is 2.15. The zero-order valence-electron chi connectivity index (χ0n) is 8.28. The van der Waals surface area contributed by atoms with Crippen LogP contribution in [0.4, 0.5) is 5.69 Å². The number of ketones is 1. The van der Waals surface area contributed by atoms with Crippen LogP contribution >= 0.6 is 27.5 Å². The summed E-state index contributed by atoms with van der Waals surface area (Å²) < 4.78 is 0. The second-order valence-corrected chi connectivity index (χ2v) is 4.15. The van der Waals surface area contributed by atoms with Gasteiger partial charge in [-0.25, -0.2) is 0 Å². The monoisotopic (exact) mass is 305 g/mol. The van der Waals surface area contributed by atoms with Crippen molar-refractivity contribution >= 4 is 39.0 Å². The Labute approximate surface area is 106 Å². The maximum absolute atomic E-state index is 11.7. The van der Waals surface area contributed by atoms with Crippen molar-refractivity contribution < 1.29 is 9.72 Å². The average molecular weight is 307 g/mol. The summed E-state index contributed by atoms with van der Waals surface area (Å²) in [4.78, 5) is 21.7. The Morgan fingerprint density at radius 1 is 1.50 bits per heavy atom. The summed E-state index contributed by atoms with van der Waals surface area (Å²) in [6, 6.07) is 4.15. The zero-order valence-corrected chi connectivity index (χ0v) is 10.6. The summed E-state index contributed by atoms with van der Waals surface area (Å²) in [5.74, 6) is 0.0256. The number of carbonyl (C=O) groups is 1. The molecule has 0 saturated heterocycles. The van der Waals surface area contributed by atoms with Crippen LogP contribution in [0.2, 0.25) is 0 Å². The van der Waals surface area contributed by atoms with Crippen LogP contribution in [0, 0.1) is 10.1 Å². The molecular formula is C10H9BrClNO3. The van der Waals surface area contributed by atoms with Gasteiger partial charge >= 0.3 is 0 Å². The first-order valence-corrected chi connectivity index (χ1v) is 6.18. The molecule has 6 heteroatoms. The molecule has 16 heavy (non-hydrogen) atoms. The second-order valence-electron chi connectivity index (χ2n) is 3.09. The molecule has 0 aliphatic carbocycles. The van der Waals surface area contributed by atoms with E-state index in [0.717, 1.165) is 0 Å². The van der Waals surface area contributed by atoms with Crippen molar-refractivity contribution in [1.82, 2.24) is 0 Å². The van der Waals surface area contributed by atoms with E-state index in [1.54, 1.807) is 0 Å². The number of nitrogens with zero attached hydrogens (tertiary/aromatic N) is 1. The van der Waals surface area contributed by atoms with E-state index in [9.17, 15) is 14.9 Å². The largest absolute Gasteiger partial charge is 0.294 e. The molecule has 4 nitrogen and oxygen atoms in total. The first-order valence-electron chi connectivity index (χ1n) is 4.52. The molecule has 1 aromatic carbocycles. The summed E-state index contributed by atoms with van der Waals surface area (Å²) in [5, 5.41) is 11.1. The molecule has 0 atom stereocenters. The Morgan fingerprint density at radius 3 is 2.69 bits per heavy atom. The molecule has 0 aliphatic rings. The molecular weight excluding hydrogens is 297 g/mol. The lowest BCUT2D eigenvalue weighted by atomic mass is 10.0. The van der Waals surface area contributed by atoms with Gasteiger partial charge < -0.3 is 0 Å². The third-order valence-corrected chi connectivity index (χ3v) is 2.75. The molecule has 0 aromatic heterocycles. The van der Waals surface area contributed by atoms with E-state index < -0.39 is 4.92 Å². The lowest BCUT2D eigenvalue weighted by molar-refractivity contribution is -0.384. The molecule has 0 heterocycles. The summed E-state index contributed by atoms with van der Waals surface area (Å²) in [5.41, 5.74) is 0.869. The molecule has 1 rings (SSSR count). The molecule has 0 spiro atoms. The van der Waals surface area contributed by atoms with Crippen molar-refractivity contribution in [3.8, 4) is 0 Å². The Hall–Kier alpha value is -0.940. The number of nitro benzene ring substituents is 1. The molecule has 0 amide bonds. The Kier molecular flexibility index (Phi) is 4.89. The van der Waals surface area contributed by atoms with Gasteiger partial charge in [0.15, 0.2) is 5.78 Å². The number of nitro groups is 1. The van der Waals surface area contributed by atoms with E-state index in [4.69, 9.17) is 11.6 Å². The van der Waals surface area contributed by atoms with Gasteiger partial charge in [-0.1, -0.05) is 22.0 Å². The quantitative estimate of drug-likeness (QED) is 0.363. The fourth-order valence-electron chi connectivity index (χ4n) is 1.27. The molecule has 0 aliphatic heterocycles. The molecule has 0 bridgehead atoms. The standard InChI is InChI=1S/C10H9BrClNO3/c11-4-3-10(14)9-5-8(13(15)16)2-1-7(9)6-12/h1-2,5H,3-4,6H2.